The van der Waals surface area contributed by atoms with Gasteiger partial charge in [-0.3, -0.25) is 9.59 Å². The lowest BCUT2D eigenvalue weighted by molar-refractivity contribution is -0.119. The zero-order chi connectivity index (χ0) is 26.5. The van der Waals surface area contributed by atoms with E-state index in [4.69, 9.17) is 16.3 Å². The fourth-order valence-corrected chi connectivity index (χ4v) is 5.74. The lowest BCUT2D eigenvalue weighted by Gasteiger charge is -2.29. The van der Waals surface area contributed by atoms with Crippen molar-refractivity contribution in [3.05, 3.63) is 131 Å². The summed E-state index contributed by atoms with van der Waals surface area (Å²) >= 11 is 7.54. The Morgan fingerprint density at radius 2 is 1.61 bits per heavy atom. The highest BCUT2D eigenvalue weighted by atomic mass is 35.5. The fourth-order valence-electron chi connectivity index (χ4n) is 4.18. The van der Waals surface area contributed by atoms with Gasteiger partial charge in [-0.15, -0.1) is 11.8 Å². The second-order valence-electron chi connectivity index (χ2n) is 8.76. The van der Waals surface area contributed by atoms with E-state index in [1.807, 2.05) is 54.6 Å². The van der Waals surface area contributed by atoms with Crippen molar-refractivity contribution in [3.8, 4) is 5.75 Å². The van der Waals surface area contributed by atoms with Crippen molar-refractivity contribution in [2.75, 3.05) is 11.1 Å². The van der Waals surface area contributed by atoms with Gasteiger partial charge in [-0.05, 0) is 71.8 Å². The minimum atomic E-state index is -0.729. The molecule has 4 aromatic rings. The van der Waals surface area contributed by atoms with Crippen molar-refractivity contribution >= 4 is 40.9 Å². The van der Waals surface area contributed by atoms with E-state index in [0.717, 1.165) is 11.1 Å². The van der Waals surface area contributed by atoms with E-state index in [1.54, 1.807) is 29.2 Å². The molecule has 1 fully saturated rings. The molecule has 0 aliphatic carbocycles. The number of thioether (sulfide) groups is 1. The highest BCUT2D eigenvalue weighted by Gasteiger charge is 2.42. The van der Waals surface area contributed by atoms with Gasteiger partial charge in [-0.1, -0.05) is 54.1 Å². The molecule has 0 aromatic heterocycles. The van der Waals surface area contributed by atoms with Gasteiger partial charge in [0.2, 0.25) is 5.91 Å². The summed E-state index contributed by atoms with van der Waals surface area (Å²) in [7, 11) is 0. The third-order valence-corrected chi connectivity index (χ3v) is 7.73. The van der Waals surface area contributed by atoms with Crippen LogP contribution in [0.4, 0.5) is 10.1 Å². The number of rotatable bonds is 7. The van der Waals surface area contributed by atoms with Crippen LogP contribution >= 0.6 is 23.4 Å². The van der Waals surface area contributed by atoms with Gasteiger partial charge in [0.05, 0.1) is 0 Å². The number of nitrogens with one attached hydrogen (secondary N) is 1. The van der Waals surface area contributed by atoms with Crippen molar-refractivity contribution in [3.63, 3.8) is 0 Å². The third-order valence-electron chi connectivity index (χ3n) is 6.15. The van der Waals surface area contributed by atoms with E-state index < -0.39 is 11.9 Å². The first-order valence-corrected chi connectivity index (χ1v) is 13.4. The molecule has 1 N–H and O–H groups in total. The molecule has 2 unspecified atom stereocenters. The molecule has 4 aromatic carbocycles. The summed E-state index contributed by atoms with van der Waals surface area (Å²) in [6, 6.07) is 28.9. The van der Waals surface area contributed by atoms with Crippen molar-refractivity contribution < 1.29 is 18.7 Å². The minimum absolute atomic E-state index is 0.277. The minimum Gasteiger partial charge on any atom is -0.489 e. The maximum atomic E-state index is 13.7. The molecular formula is C30H24ClFN2O3S. The average molecular weight is 547 g/mol. The number of benzene rings is 4. The van der Waals surface area contributed by atoms with E-state index in [-0.39, 0.29) is 17.2 Å². The summed E-state index contributed by atoms with van der Waals surface area (Å²) in [5.41, 5.74) is 2.84. The zero-order valence-corrected chi connectivity index (χ0v) is 21.8. The number of ether oxygens (including phenoxy) is 1. The van der Waals surface area contributed by atoms with Crippen molar-refractivity contribution in [1.29, 1.82) is 0 Å². The molecule has 1 saturated heterocycles. The zero-order valence-electron chi connectivity index (χ0n) is 20.2. The Morgan fingerprint density at radius 1 is 0.921 bits per heavy atom. The summed E-state index contributed by atoms with van der Waals surface area (Å²) in [6.45, 7) is 0.450. The van der Waals surface area contributed by atoms with E-state index in [9.17, 15) is 14.0 Å². The molecule has 0 radical (unpaired) electrons. The number of amides is 2. The highest BCUT2D eigenvalue weighted by Crippen LogP contribution is 2.43. The Labute approximate surface area is 229 Å². The van der Waals surface area contributed by atoms with E-state index in [0.29, 0.717) is 34.4 Å². The second-order valence-corrected chi connectivity index (χ2v) is 10.3. The highest BCUT2D eigenvalue weighted by molar-refractivity contribution is 7.99. The van der Waals surface area contributed by atoms with Gasteiger partial charge in [0.1, 0.15) is 29.6 Å². The van der Waals surface area contributed by atoms with E-state index >= 15 is 0 Å². The van der Waals surface area contributed by atoms with Crippen LogP contribution in [0.5, 0.6) is 5.75 Å². The monoisotopic (exact) mass is 546 g/mol. The smallest absolute Gasteiger partial charge is 0.255 e. The summed E-state index contributed by atoms with van der Waals surface area (Å²) in [4.78, 5) is 28.6. The normalized spacial score (nSPS) is 16.7. The largest absolute Gasteiger partial charge is 0.489 e. The maximum absolute atomic E-state index is 13.7. The van der Waals surface area contributed by atoms with Gasteiger partial charge in [-0.25, -0.2) is 4.39 Å². The van der Waals surface area contributed by atoms with Gasteiger partial charge in [-0.2, -0.15) is 0 Å². The fraction of sp³-hybridized carbons (Fsp3) is 0.133. The van der Waals surface area contributed by atoms with Gasteiger partial charge >= 0.3 is 0 Å². The first-order valence-electron chi connectivity index (χ1n) is 12.0. The van der Waals surface area contributed by atoms with Gasteiger partial charge < -0.3 is 15.0 Å². The second kappa shape index (κ2) is 11.7. The van der Waals surface area contributed by atoms with Crippen LogP contribution < -0.4 is 10.1 Å². The molecule has 0 saturated carbocycles. The van der Waals surface area contributed by atoms with Crippen LogP contribution in [0.25, 0.3) is 0 Å². The molecule has 0 spiro atoms. The molecule has 2 amide bonds. The maximum Gasteiger partial charge on any atom is 0.255 e. The lowest BCUT2D eigenvalue weighted by atomic mass is 10.1. The van der Waals surface area contributed by atoms with Gasteiger partial charge in [0.25, 0.3) is 5.91 Å². The molecule has 5 nitrogen and oxygen atoms in total. The summed E-state index contributed by atoms with van der Waals surface area (Å²) in [6.07, 6.45) is 0. The number of anilines is 1. The third kappa shape index (κ3) is 6.01. The topological polar surface area (TPSA) is 58.6 Å². The Morgan fingerprint density at radius 3 is 2.29 bits per heavy atom. The molecule has 8 heteroatoms. The Balaban J connectivity index is 1.37. The molecule has 38 heavy (non-hydrogen) atoms. The predicted molar refractivity (Wildman–Crippen MR) is 149 cm³/mol. The quantitative estimate of drug-likeness (QED) is 0.272. The number of hydrogen-bond acceptors (Lipinski definition) is 4. The van der Waals surface area contributed by atoms with Gasteiger partial charge in [0.15, 0.2) is 0 Å². The molecule has 1 aliphatic rings. The molecule has 1 heterocycles. The van der Waals surface area contributed by atoms with Crippen LogP contribution in [0.15, 0.2) is 103 Å². The van der Waals surface area contributed by atoms with Crippen LogP contribution in [0.1, 0.15) is 26.9 Å². The molecule has 2 atom stereocenters. The standard InChI is InChI=1S/C30H24ClFN2O3S/c31-23-10-6-21(7-11-23)29(36)34-27(28(35)33-25-14-12-24(32)13-15-25)19-38-30(34)22-8-16-26(17-9-22)37-18-20-4-2-1-3-5-20/h1-17,27,30H,18-19H2,(H,33,35). The van der Waals surface area contributed by atoms with Crippen LogP contribution in [0.3, 0.4) is 0 Å². The van der Waals surface area contributed by atoms with Crippen molar-refractivity contribution in [1.82, 2.24) is 4.90 Å². The molecule has 192 valence electrons. The van der Waals surface area contributed by atoms with Crippen molar-refractivity contribution in [2.45, 2.75) is 18.0 Å². The van der Waals surface area contributed by atoms with Crippen LogP contribution in [0.2, 0.25) is 5.02 Å². The lowest BCUT2D eigenvalue weighted by Crippen LogP contribution is -2.45. The van der Waals surface area contributed by atoms with Gasteiger partial charge in [0, 0.05) is 22.0 Å². The number of carbonyl (C=O) groups excluding carboxylic acids is 2. The first kappa shape index (κ1) is 25.8. The average Bonchev–Trinajstić information content (AvgIpc) is 3.39. The van der Waals surface area contributed by atoms with E-state index in [2.05, 4.69) is 5.32 Å². The first-order chi connectivity index (χ1) is 18.5. The molecular weight excluding hydrogens is 523 g/mol. The summed E-state index contributed by atoms with van der Waals surface area (Å²) < 4.78 is 19.2. The molecule has 5 rings (SSSR count). The molecule has 1 aliphatic heterocycles. The number of halogens is 2. The SMILES string of the molecule is O=C(Nc1ccc(F)cc1)C1CSC(c2ccc(OCc3ccccc3)cc2)N1C(=O)c1ccc(Cl)cc1. The number of nitrogens with zero attached hydrogens (tertiary/aromatic N) is 1. The van der Waals surface area contributed by atoms with Crippen LogP contribution in [0, 0.1) is 5.82 Å². The molecule has 0 bridgehead atoms. The Bertz CT molecular complexity index is 1400. The predicted octanol–water partition coefficient (Wildman–Crippen LogP) is 6.95. The summed E-state index contributed by atoms with van der Waals surface area (Å²) in [5, 5.41) is 2.95. The van der Waals surface area contributed by atoms with Crippen molar-refractivity contribution in [2.24, 2.45) is 0 Å². The van der Waals surface area contributed by atoms with Crippen LogP contribution in [-0.4, -0.2) is 28.5 Å². The van der Waals surface area contributed by atoms with E-state index in [1.165, 1.54) is 36.0 Å². The Hall–Kier alpha value is -3.81. The summed E-state index contributed by atoms with van der Waals surface area (Å²) in [5.74, 6) is 0.109. The van der Waals surface area contributed by atoms with Crippen LogP contribution in [-0.2, 0) is 11.4 Å². The Kier molecular flexibility index (Phi) is 7.96. The number of hydrogen-bond donors (Lipinski definition) is 1. The number of carbonyl (C=O) groups is 2.